The van der Waals surface area contributed by atoms with Gasteiger partial charge in [0.05, 0.1) is 5.60 Å². The fourth-order valence-corrected chi connectivity index (χ4v) is 2.23. The van der Waals surface area contributed by atoms with Crippen molar-refractivity contribution < 1.29 is 4.65 Å². The molecule has 2 heterocycles. The fourth-order valence-electron chi connectivity index (χ4n) is 2.09. The molecule has 22 heavy (non-hydrogen) atoms. The van der Waals surface area contributed by atoms with Gasteiger partial charge in [-0.2, -0.15) is 0 Å². The van der Waals surface area contributed by atoms with Crippen LogP contribution in [-0.2, 0) is 4.65 Å². The Morgan fingerprint density at radius 3 is 2.55 bits per heavy atom. The van der Waals surface area contributed by atoms with Crippen LogP contribution in [0.15, 0.2) is 22.4 Å². The lowest BCUT2D eigenvalue weighted by molar-refractivity contribution is 0.00502. The number of hydrogen-bond acceptors (Lipinski definition) is 2. The molecule has 1 aliphatic rings. The summed E-state index contributed by atoms with van der Waals surface area (Å²) in [6.07, 6.45) is 5.44. The molecule has 1 aromatic rings. The molecule has 0 aliphatic carbocycles. The third-order valence-corrected chi connectivity index (χ3v) is 4.96. The van der Waals surface area contributed by atoms with Gasteiger partial charge in [0.25, 0.3) is 0 Å². The van der Waals surface area contributed by atoms with E-state index in [1.807, 2.05) is 13.7 Å². The first-order chi connectivity index (χ1) is 10.1. The first kappa shape index (κ1) is 17.4. The second kappa shape index (κ2) is 6.25. The summed E-state index contributed by atoms with van der Waals surface area (Å²) in [5, 5.41) is 1.92. The fraction of sp³-hybridized carbons (Fsp3) is 0.588. The van der Waals surface area contributed by atoms with E-state index in [1.54, 1.807) is 6.20 Å². The minimum Gasteiger partial charge on any atom is -0.429 e. The lowest BCUT2D eigenvalue weighted by atomic mass is 9.76. The van der Waals surface area contributed by atoms with Crippen LogP contribution in [0.2, 0.25) is 0 Å². The first-order valence-electron chi connectivity index (χ1n) is 7.72. The van der Waals surface area contributed by atoms with Crippen molar-refractivity contribution in [1.29, 1.82) is 0 Å². The molecule has 0 saturated carbocycles. The van der Waals surface area contributed by atoms with E-state index in [2.05, 4.69) is 51.5 Å². The Hall–Kier alpha value is -0.995. The molecule has 0 aromatic carbocycles. The van der Waals surface area contributed by atoms with Gasteiger partial charge in [0.1, 0.15) is 5.49 Å². The highest BCUT2D eigenvalue weighted by Crippen LogP contribution is 2.32. The number of nitrogens with zero attached hydrogens (tertiary/aromatic N) is 1. The Morgan fingerprint density at radius 2 is 1.91 bits per heavy atom. The molecule has 5 heteroatoms. The van der Waals surface area contributed by atoms with E-state index in [1.165, 1.54) is 5.57 Å². The number of fused-ring (bicyclic) bond motifs is 1. The summed E-state index contributed by atoms with van der Waals surface area (Å²) < 4.78 is 6.10. The second-order valence-corrected chi connectivity index (χ2v) is 7.93. The van der Waals surface area contributed by atoms with Crippen molar-refractivity contribution in [2.45, 2.75) is 60.0 Å². The van der Waals surface area contributed by atoms with Crippen LogP contribution >= 0.6 is 11.6 Å². The third-order valence-electron chi connectivity index (χ3n) is 4.68. The van der Waals surface area contributed by atoms with Crippen molar-refractivity contribution in [3.8, 4) is 0 Å². The standard InChI is InChI=1S/C17H25BClN2O/c1-11-7-8-12(19)9-20-15-14(11)13(10-21-15)18-22-17(5,6)16(2,3)4/h9-10H,7-8H2,1-6H3,(H,20,21). The highest BCUT2D eigenvalue weighted by atomic mass is 35.5. The summed E-state index contributed by atoms with van der Waals surface area (Å²) in [5.74, 6) is 0. The van der Waals surface area contributed by atoms with Crippen LogP contribution in [0.25, 0.3) is 5.57 Å². The van der Waals surface area contributed by atoms with Crippen LogP contribution in [-0.4, -0.2) is 18.1 Å². The number of rotatable bonds is 3. The molecule has 1 N–H and O–H groups in total. The Balaban J connectivity index is 2.35. The second-order valence-electron chi connectivity index (χ2n) is 7.45. The zero-order chi connectivity index (χ0) is 16.5. The van der Waals surface area contributed by atoms with Gasteiger partial charge in [-0.15, -0.1) is 0 Å². The minimum absolute atomic E-state index is 0.0492. The number of allylic oxidation sites excluding steroid dienone is 1. The van der Waals surface area contributed by atoms with Crippen molar-refractivity contribution in [3.05, 3.63) is 28.1 Å². The molecular formula is C17H25BClN2O. The molecule has 1 aromatic heterocycles. The molecule has 1 radical (unpaired) electrons. The van der Waals surface area contributed by atoms with Crippen LogP contribution in [0.1, 0.15) is 54.4 Å². The van der Waals surface area contributed by atoms with E-state index in [0.29, 0.717) is 0 Å². The number of hydrogen-bond donors (Lipinski definition) is 1. The Labute approximate surface area is 138 Å². The van der Waals surface area contributed by atoms with Crippen LogP contribution in [0.3, 0.4) is 0 Å². The molecule has 0 unspecified atom stereocenters. The van der Waals surface area contributed by atoms with Gasteiger partial charge >= 0.3 is 7.48 Å². The van der Waals surface area contributed by atoms with Gasteiger partial charge in [0.2, 0.25) is 0 Å². The highest BCUT2D eigenvalue weighted by Gasteiger charge is 2.33. The topological polar surface area (TPSA) is 37.4 Å². The molecule has 0 spiro atoms. The van der Waals surface area contributed by atoms with E-state index >= 15 is 0 Å². The molecule has 0 atom stereocenters. The molecule has 2 rings (SSSR count). The summed E-state index contributed by atoms with van der Waals surface area (Å²) in [6.45, 7) is 12.9. The first-order valence-corrected chi connectivity index (χ1v) is 8.10. The maximum atomic E-state index is 6.11. The van der Waals surface area contributed by atoms with E-state index in [9.17, 15) is 0 Å². The quantitative estimate of drug-likeness (QED) is 0.855. The lowest BCUT2D eigenvalue weighted by Crippen LogP contribution is -2.46. The Morgan fingerprint density at radius 1 is 1.23 bits per heavy atom. The largest absolute Gasteiger partial charge is 0.429 e. The van der Waals surface area contributed by atoms with Gasteiger partial charge in [0.15, 0.2) is 0 Å². The van der Waals surface area contributed by atoms with Crippen LogP contribution in [0.5, 0.6) is 0 Å². The van der Waals surface area contributed by atoms with E-state index in [-0.39, 0.29) is 11.0 Å². The van der Waals surface area contributed by atoms with E-state index in [4.69, 9.17) is 16.3 Å². The maximum Gasteiger partial charge on any atom is 0.333 e. The number of aromatic amines is 1. The van der Waals surface area contributed by atoms with Gasteiger partial charge in [0, 0.05) is 16.5 Å². The Bertz CT molecular complexity index is 695. The molecule has 0 amide bonds. The smallest absolute Gasteiger partial charge is 0.333 e. The zero-order valence-corrected chi connectivity index (χ0v) is 15.1. The molecule has 119 valence electrons. The normalized spacial score (nSPS) is 16.3. The molecular weight excluding hydrogens is 294 g/mol. The number of halogens is 1. The van der Waals surface area contributed by atoms with Crippen LogP contribution in [0.4, 0.5) is 0 Å². The summed E-state index contributed by atoms with van der Waals surface area (Å²) in [7, 11) is 1.85. The van der Waals surface area contributed by atoms with Crippen LogP contribution in [0, 0.1) is 5.41 Å². The predicted molar refractivity (Wildman–Crippen MR) is 93.8 cm³/mol. The Kier molecular flexibility index (Phi) is 4.93. The van der Waals surface area contributed by atoms with Gasteiger partial charge in [-0.05, 0) is 50.7 Å². The monoisotopic (exact) mass is 319 g/mol. The molecule has 0 fully saturated rings. The summed E-state index contributed by atoms with van der Waals surface area (Å²) >= 11 is 6.11. The minimum atomic E-state index is -0.257. The number of nitrogens with one attached hydrogen (secondary N) is 1. The molecule has 0 saturated heterocycles. The van der Waals surface area contributed by atoms with Crippen molar-refractivity contribution >= 4 is 30.1 Å². The van der Waals surface area contributed by atoms with Gasteiger partial charge in [-0.3, -0.25) is 0 Å². The third kappa shape index (κ3) is 3.66. The van der Waals surface area contributed by atoms with Crippen molar-refractivity contribution in [2.75, 3.05) is 0 Å². The van der Waals surface area contributed by atoms with Crippen molar-refractivity contribution in [1.82, 2.24) is 4.98 Å². The SMILES string of the molecule is CC1=c2c([B]OC(C)(C)C(C)(C)C)c[nH]c2=NC=C(Cl)CC1. The van der Waals surface area contributed by atoms with Gasteiger partial charge in [-0.1, -0.05) is 37.9 Å². The number of aromatic nitrogens is 1. The predicted octanol–water partition coefficient (Wildman–Crippen LogP) is 2.76. The van der Waals surface area contributed by atoms with Crippen molar-refractivity contribution in [2.24, 2.45) is 10.4 Å². The molecule has 3 nitrogen and oxygen atoms in total. The van der Waals surface area contributed by atoms with Gasteiger partial charge < -0.3 is 9.64 Å². The van der Waals surface area contributed by atoms with Crippen molar-refractivity contribution in [3.63, 3.8) is 0 Å². The molecule has 0 bridgehead atoms. The van der Waals surface area contributed by atoms with E-state index in [0.717, 1.165) is 34.0 Å². The average Bonchev–Trinajstić information content (AvgIpc) is 2.80. The zero-order valence-electron chi connectivity index (χ0n) is 14.4. The van der Waals surface area contributed by atoms with Crippen LogP contribution < -0.4 is 16.2 Å². The highest BCUT2D eigenvalue weighted by molar-refractivity contribution is 6.47. The average molecular weight is 320 g/mol. The summed E-state index contributed by atoms with van der Waals surface area (Å²) in [4.78, 5) is 7.66. The lowest BCUT2D eigenvalue weighted by Gasteiger charge is -2.39. The van der Waals surface area contributed by atoms with Gasteiger partial charge in [-0.25, -0.2) is 4.99 Å². The number of H-pyrrole nitrogens is 1. The molecule has 1 aliphatic heterocycles. The van der Waals surface area contributed by atoms with E-state index < -0.39 is 0 Å². The summed E-state index contributed by atoms with van der Waals surface area (Å²) in [5.41, 5.74) is 2.95. The maximum absolute atomic E-state index is 6.11. The summed E-state index contributed by atoms with van der Waals surface area (Å²) in [6, 6.07) is 0.